The van der Waals surface area contributed by atoms with Crippen LogP contribution >= 0.6 is 0 Å². The zero-order valence-electron chi connectivity index (χ0n) is 12.8. The van der Waals surface area contributed by atoms with Crippen LogP contribution in [-0.4, -0.2) is 39.0 Å². The van der Waals surface area contributed by atoms with E-state index in [-0.39, 0.29) is 17.9 Å². The lowest BCUT2D eigenvalue weighted by Gasteiger charge is -2.38. The summed E-state index contributed by atoms with van der Waals surface area (Å²) in [4.78, 5) is 26.9. The van der Waals surface area contributed by atoms with Crippen LogP contribution in [0.25, 0.3) is 0 Å². The second-order valence-electron chi connectivity index (χ2n) is 6.29. The Bertz CT molecular complexity index is 564. The van der Waals surface area contributed by atoms with Gasteiger partial charge in [-0.1, -0.05) is 0 Å². The van der Waals surface area contributed by atoms with Crippen molar-refractivity contribution in [3.05, 3.63) is 17.5 Å². The van der Waals surface area contributed by atoms with Crippen molar-refractivity contribution in [2.24, 2.45) is 13.0 Å². The summed E-state index contributed by atoms with van der Waals surface area (Å²) in [6, 6.07) is 0.0980. The fourth-order valence-corrected chi connectivity index (χ4v) is 3.74. The molecule has 2 aliphatic rings. The monoisotopic (exact) mass is 289 g/mol. The van der Waals surface area contributed by atoms with Gasteiger partial charge in [0.05, 0.1) is 11.8 Å². The minimum Gasteiger partial charge on any atom is -0.335 e. The van der Waals surface area contributed by atoms with E-state index in [1.807, 2.05) is 18.9 Å². The first-order valence-electron chi connectivity index (χ1n) is 7.92. The Labute approximate surface area is 125 Å². The highest BCUT2D eigenvalue weighted by molar-refractivity contribution is 5.96. The maximum atomic E-state index is 12.9. The summed E-state index contributed by atoms with van der Waals surface area (Å²) in [5, 5.41) is 4.17. The summed E-state index contributed by atoms with van der Waals surface area (Å²) in [6.45, 7) is 2.68. The number of hydrogen-bond acceptors (Lipinski definition) is 3. The smallest absolute Gasteiger partial charge is 0.257 e. The molecule has 2 atom stereocenters. The van der Waals surface area contributed by atoms with Gasteiger partial charge in [-0.3, -0.25) is 14.3 Å². The number of nitrogens with zero attached hydrogens (tertiary/aromatic N) is 3. The van der Waals surface area contributed by atoms with Crippen LogP contribution in [-0.2, 0) is 11.8 Å². The third-order valence-corrected chi connectivity index (χ3v) is 5.09. The molecular formula is C16H23N3O2. The molecule has 5 nitrogen and oxygen atoms in total. The largest absolute Gasteiger partial charge is 0.335 e. The van der Waals surface area contributed by atoms with Crippen molar-refractivity contribution < 1.29 is 9.59 Å². The normalized spacial score (nSPS) is 26.4. The number of piperidine rings is 1. The Morgan fingerprint density at radius 1 is 1.29 bits per heavy atom. The predicted molar refractivity (Wildman–Crippen MR) is 79.0 cm³/mol. The molecule has 2 unspecified atom stereocenters. The summed E-state index contributed by atoms with van der Waals surface area (Å²) in [5.41, 5.74) is 1.57. The third-order valence-electron chi connectivity index (χ3n) is 5.09. The average Bonchev–Trinajstić information content (AvgIpc) is 3.05. The molecule has 1 aliphatic heterocycles. The second-order valence-corrected chi connectivity index (χ2v) is 6.29. The van der Waals surface area contributed by atoms with Gasteiger partial charge in [-0.15, -0.1) is 0 Å². The highest BCUT2D eigenvalue weighted by Crippen LogP contribution is 2.33. The van der Waals surface area contributed by atoms with Crippen LogP contribution < -0.4 is 0 Å². The van der Waals surface area contributed by atoms with E-state index in [9.17, 15) is 9.59 Å². The molecule has 0 aromatic carbocycles. The number of Topliss-reactive ketones (excluding diaryl/α,β-unsaturated/α-hetero) is 1. The number of carbonyl (C=O) groups excluding carboxylic acids is 2. The fourth-order valence-electron chi connectivity index (χ4n) is 3.74. The molecule has 1 aromatic rings. The molecule has 0 radical (unpaired) electrons. The quantitative estimate of drug-likeness (QED) is 0.837. The average molecular weight is 289 g/mol. The van der Waals surface area contributed by atoms with Gasteiger partial charge in [-0.2, -0.15) is 5.10 Å². The van der Waals surface area contributed by atoms with Crippen LogP contribution in [0.15, 0.2) is 6.20 Å². The summed E-state index contributed by atoms with van der Waals surface area (Å²) < 4.78 is 1.73. The standard InChI is InChI=1S/C16H23N3O2/c1-11-13(10-17-18(11)2)16(21)19-9-4-3-7-14(19)12-6-5-8-15(12)20/h10,12,14H,3-9H2,1-2H3. The predicted octanol–water partition coefficient (Wildman–Crippen LogP) is 2.09. The van der Waals surface area contributed by atoms with Gasteiger partial charge < -0.3 is 4.90 Å². The molecule has 3 rings (SSSR count). The lowest BCUT2D eigenvalue weighted by atomic mass is 9.88. The first-order chi connectivity index (χ1) is 10.1. The Balaban J connectivity index is 1.85. The molecule has 1 saturated heterocycles. The maximum Gasteiger partial charge on any atom is 0.257 e. The SMILES string of the molecule is Cc1c(C(=O)N2CCCCC2C2CCCC2=O)cnn1C. The van der Waals surface area contributed by atoms with Crippen molar-refractivity contribution in [3.63, 3.8) is 0 Å². The number of amides is 1. The Morgan fingerprint density at radius 3 is 2.71 bits per heavy atom. The van der Waals surface area contributed by atoms with E-state index >= 15 is 0 Å². The van der Waals surface area contributed by atoms with E-state index in [1.54, 1.807) is 10.9 Å². The fraction of sp³-hybridized carbons (Fsp3) is 0.688. The molecule has 0 spiro atoms. The maximum absolute atomic E-state index is 12.9. The zero-order chi connectivity index (χ0) is 15.0. The lowest BCUT2D eigenvalue weighted by molar-refractivity contribution is -0.122. The molecule has 1 amide bonds. The number of ketones is 1. The molecular weight excluding hydrogens is 266 g/mol. The van der Waals surface area contributed by atoms with Gasteiger partial charge in [-0.25, -0.2) is 0 Å². The van der Waals surface area contributed by atoms with Crippen LogP contribution in [0.3, 0.4) is 0 Å². The molecule has 21 heavy (non-hydrogen) atoms. The van der Waals surface area contributed by atoms with E-state index in [0.29, 0.717) is 17.8 Å². The first-order valence-corrected chi connectivity index (χ1v) is 7.92. The van der Waals surface area contributed by atoms with Crippen molar-refractivity contribution in [2.45, 2.75) is 51.5 Å². The van der Waals surface area contributed by atoms with Gasteiger partial charge in [0.1, 0.15) is 5.78 Å². The molecule has 5 heteroatoms. The number of hydrogen-bond donors (Lipinski definition) is 0. The molecule has 2 fully saturated rings. The highest BCUT2D eigenvalue weighted by Gasteiger charge is 2.39. The van der Waals surface area contributed by atoms with Crippen molar-refractivity contribution in [1.82, 2.24) is 14.7 Å². The number of aryl methyl sites for hydroxylation is 1. The third kappa shape index (κ3) is 2.49. The van der Waals surface area contributed by atoms with E-state index in [0.717, 1.165) is 44.3 Å². The number of likely N-dealkylation sites (tertiary alicyclic amines) is 1. The van der Waals surface area contributed by atoms with Gasteiger partial charge >= 0.3 is 0 Å². The molecule has 0 bridgehead atoms. The number of aromatic nitrogens is 2. The van der Waals surface area contributed by atoms with Crippen LogP contribution in [0.2, 0.25) is 0 Å². The second kappa shape index (κ2) is 5.62. The molecule has 1 aliphatic carbocycles. The minimum absolute atomic E-state index is 0.0463. The molecule has 2 heterocycles. The lowest BCUT2D eigenvalue weighted by Crippen LogP contribution is -2.48. The minimum atomic E-state index is 0.0463. The zero-order valence-corrected chi connectivity index (χ0v) is 12.8. The first kappa shape index (κ1) is 14.3. The van der Waals surface area contributed by atoms with Crippen molar-refractivity contribution >= 4 is 11.7 Å². The van der Waals surface area contributed by atoms with Crippen LogP contribution in [0.4, 0.5) is 0 Å². The van der Waals surface area contributed by atoms with E-state index in [1.165, 1.54) is 0 Å². The van der Waals surface area contributed by atoms with Crippen LogP contribution in [0, 0.1) is 12.8 Å². The molecule has 1 saturated carbocycles. The highest BCUT2D eigenvalue weighted by atomic mass is 16.2. The summed E-state index contributed by atoms with van der Waals surface area (Å²) in [7, 11) is 1.85. The van der Waals surface area contributed by atoms with Gasteiger partial charge in [-0.05, 0) is 39.0 Å². The Morgan fingerprint density at radius 2 is 2.10 bits per heavy atom. The van der Waals surface area contributed by atoms with Crippen LogP contribution in [0.5, 0.6) is 0 Å². The number of carbonyl (C=O) groups is 2. The van der Waals surface area contributed by atoms with Crippen LogP contribution in [0.1, 0.15) is 54.6 Å². The summed E-state index contributed by atoms with van der Waals surface area (Å²) in [6.07, 6.45) is 7.37. The van der Waals surface area contributed by atoms with Crippen molar-refractivity contribution in [3.8, 4) is 0 Å². The Kier molecular flexibility index (Phi) is 3.83. The molecule has 1 aromatic heterocycles. The van der Waals surface area contributed by atoms with Crippen molar-refractivity contribution in [1.29, 1.82) is 0 Å². The van der Waals surface area contributed by atoms with E-state index < -0.39 is 0 Å². The Hall–Kier alpha value is -1.65. The summed E-state index contributed by atoms with van der Waals surface area (Å²) >= 11 is 0. The topological polar surface area (TPSA) is 55.2 Å². The van der Waals surface area contributed by atoms with Gasteiger partial charge in [0.2, 0.25) is 0 Å². The molecule has 0 N–H and O–H groups in total. The van der Waals surface area contributed by atoms with Crippen molar-refractivity contribution in [2.75, 3.05) is 6.54 Å². The van der Waals surface area contributed by atoms with E-state index in [2.05, 4.69) is 5.10 Å². The van der Waals surface area contributed by atoms with E-state index in [4.69, 9.17) is 0 Å². The molecule has 114 valence electrons. The summed E-state index contributed by atoms with van der Waals surface area (Å²) in [5.74, 6) is 0.457. The van der Waals surface area contributed by atoms with Gasteiger partial charge in [0.15, 0.2) is 0 Å². The number of rotatable bonds is 2. The van der Waals surface area contributed by atoms with Gasteiger partial charge in [0, 0.05) is 37.7 Å². The van der Waals surface area contributed by atoms with Gasteiger partial charge in [0.25, 0.3) is 5.91 Å².